The zero-order valence-corrected chi connectivity index (χ0v) is 17.1. The van der Waals surface area contributed by atoms with E-state index in [1.807, 2.05) is 30.1 Å². The number of rotatable bonds is 5. The van der Waals surface area contributed by atoms with Crippen molar-refractivity contribution in [1.82, 2.24) is 30.3 Å². The van der Waals surface area contributed by atoms with Crippen molar-refractivity contribution in [3.05, 3.63) is 42.5 Å². The lowest BCUT2D eigenvalue weighted by molar-refractivity contribution is -0.127. The molecule has 1 aliphatic carbocycles. The number of amides is 2. The SMILES string of the molecule is CN1C[C@@H](O)[C@H](NC(=O)C2CCC(NC(=O)c3cccc(-n4cnnc4)c3)CC2)C1. The molecule has 30 heavy (non-hydrogen) atoms. The average molecular weight is 412 g/mol. The van der Waals surface area contributed by atoms with Crippen LogP contribution in [0.2, 0.25) is 0 Å². The number of aromatic nitrogens is 3. The lowest BCUT2D eigenvalue weighted by Crippen LogP contribution is -2.47. The lowest BCUT2D eigenvalue weighted by Gasteiger charge is -2.29. The van der Waals surface area contributed by atoms with E-state index in [4.69, 9.17) is 0 Å². The normalized spacial score (nSPS) is 27.0. The Morgan fingerprint density at radius 3 is 2.47 bits per heavy atom. The maximum absolute atomic E-state index is 12.7. The molecule has 2 aromatic rings. The van der Waals surface area contributed by atoms with Crippen LogP contribution >= 0.6 is 0 Å². The summed E-state index contributed by atoms with van der Waals surface area (Å²) in [6.45, 7) is 1.26. The predicted molar refractivity (Wildman–Crippen MR) is 110 cm³/mol. The number of aliphatic hydroxyl groups is 1. The van der Waals surface area contributed by atoms with Gasteiger partial charge in [-0.05, 0) is 50.9 Å². The summed E-state index contributed by atoms with van der Waals surface area (Å²) < 4.78 is 1.75. The molecular weight excluding hydrogens is 384 g/mol. The molecule has 2 aliphatic rings. The molecule has 0 bridgehead atoms. The standard InChI is InChI=1S/C21H28N6O3/c1-26-10-18(19(28)11-26)25-20(29)14-5-7-16(8-6-14)24-21(30)15-3-2-4-17(9-15)27-12-22-23-13-27/h2-4,9,12-14,16,18-19,28H,5-8,10-11H2,1H3,(H,24,30)(H,25,29)/t14?,16?,18-,19-/m1/s1. The number of hydrogen-bond acceptors (Lipinski definition) is 6. The fourth-order valence-corrected chi connectivity index (χ4v) is 4.33. The molecule has 160 valence electrons. The minimum absolute atomic E-state index is 0.0146. The van der Waals surface area contributed by atoms with Gasteiger partial charge in [0.15, 0.2) is 0 Å². The molecule has 2 atom stereocenters. The molecule has 2 amide bonds. The van der Waals surface area contributed by atoms with Gasteiger partial charge in [-0.25, -0.2) is 0 Å². The minimum atomic E-state index is -0.511. The Kier molecular flexibility index (Phi) is 6.10. The molecule has 1 saturated heterocycles. The highest BCUT2D eigenvalue weighted by Crippen LogP contribution is 2.25. The summed E-state index contributed by atoms with van der Waals surface area (Å²) >= 11 is 0. The van der Waals surface area contributed by atoms with Gasteiger partial charge in [0.05, 0.1) is 12.1 Å². The fourth-order valence-electron chi connectivity index (χ4n) is 4.33. The van der Waals surface area contributed by atoms with Crippen molar-refractivity contribution in [2.75, 3.05) is 20.1 Å². The van der Waals surface area contributed by atoms with Crippen LogP contribution in [0.25, 0.3) is 5.69 Å². The van der Waals surface area contributed by atoms with Crippen molar-refractivity contribution in [1.29, 1.82) is 0 Å². The second kappa shape index (κ2) is 8.93. The average Bonchev–Trinajstić information content (AvgIpc) is 3.38. The molecule has 2 fully saturated rings. The summed E-state index contributed by atoms with van der Waals surface area (Å²) in [6, 6.07) is 7.18. The van der Waals surface area contributed by atoms with Gasteiger partial charge in [-0.2, -0.15) is 0 Å². The Labute approximate surface area is 175 Å². The van der Waals surface area contributed by atoms with Gasteiger partial charge in [0, 0.05) is 36.3 Å². The maximum atomic E-state index is 12.7. The minimum Gasteiger partial charge on any atom is -0.390 e. The van der Waals surface area contributed by atoms with Gasteiger partial charge in [0.25, 0.3) is 5.91 Å². The third kappa shape index (κ3) is 4.68. The van der Waals surface area contributed by atoms with Crippen molar-refractivity contribution in [2.45, 2.75) is 43.9 Å². The smallest absolute Gasteiger partial charge is 0.251 e. The molecule has 1 aromatic heterocycles. The molecule has 4 rings (SSSR count). The highest BCUT2D eigenvalue weighted by molar-refractivity contribution is 5.95. The molecule has 9 heteroatoms. The van der Waals surface area contributed by atoms with Crippen LogP contribution in [0.15, 0.2) is 36.9 Å². The first-order valence-electron chi connectivity index (χ1n) is 10.4. The van der Waals surface area contributed by atoms with E-state index in [1.54, 1.807) is 23.3 Å². The second-order valence-corrected chi connectivity index (χ2v) is 8.35. The van der Waals surface area contributed by atoms with Crippen LogP contribution in [-0.2, 0) is 4.79 Å². The number of hydrogen-bond donors (Lipinski definition) is 3. The van der Waals surface area contributed by atoms with Gasteiger partial charge in [-0.1, -0.05) is 6.07 Å². The third-order valence-corrected chi connectivity index (χ3v) is 6.06. The Morgan fingerprint density at radius 2 is 1.80 bits per heavy atom. The highest BCUT2D eigenvalue weighted by Gasteiger charge is 2.33. The van der Waals surface area contributed by atoms with Crippen molar-refractivity contribution >= 4 is 11.8 Å². The molecule has 1 saturated carbocycles. The monoisotopic (exact) mass is 412 g/mol. The van der Waals surface area contributed by atoms with E-state index in [-0.39, 0.29) is 29.8 Å². The predicted octanol–water partition coefficient (Wildman–Crippen LogP) is 0.347. The summed E-state index contributed by atoms with van der Waals surface area (Å²) in [5, 5.41) is 23.7. The molecule has 2 heterocycles. The first-order chi connectivity index (χ1) is 14.5. The third-order valence-electron chi connectivity index (χ3n) is 6.06. The van der Waals surface area contributed by atoms with Gasteiger partial charge in [0.1, 0.15) is 12.7 Å². The van der Waals surface area contributed by atoms with Gasteiger partial charge in [-0.3, -0.25) is 14.2 Å². The lowest BCUT2D eigenvalue weighted by atomic mass is 9.85. The van der Waals surface area contributed by atoms with Crippen LogP contribution in [0.4, 0.5) is 0 Å². The van der Waals surface area contributed by atoms with Crippen molar-refractivity contribution in [3.8, 4) is 5.69 Å². The van der Waals surface area contributed by atoms with Crippen LogP contribution in [0.3, 0.4) is 0 Å². The van der Waals surface area contributed by atoms with Crippen LogP contribution in [0, 0.1) is 5.92 Å². The van der Waals surface area contributed by atoms with Crippen LogP contribution in [0.5, 0.6) is 0 Å². The fraction of sp³-hybridized carbons (Fsp3) is 0.524. The number of carbonyl (C=O) groups is 2. The number of nitrogens with one attached hydrogen (secondary N) is 2. The van der Waals surface area contributed by atoms with Gasteiger partial charge < -0.3 is 20.6 Å². The Morgan fingerprint density at radius 1 is 1.07 bits per heavy atom. The maximum Gasteiger partial charge on any atom is 0.251 e. The largest absolute Gasteiger partial charge is 0.390 e. The number of aliphatic hydroxyl groups excluding tert-OH is 1. The van der Waals surface area contributed by atoms with Gasteiger partial charge >= 0.3 is 0 Å². The van der Waals surface area contributed by atoms with Crippen molar-refractivity contribution in [2.24, 2.45) is 5.92 Å². The number of carbonyl (C=O) groups excluding carboxylic acids is 2. The first kappa shape index (κ1) is 20.5. The van der Waals surface area contributed by atoms with Crippen molar-refractivity contribution < 1.29 is 14.7 Å². The second-order valence-electron chi connectivity index (χ2n) is 8.35. The van der Waals surface area contributed by atoms with Gasteiger partial charge in [0.2, 0.25) is 5.91 Å². The molecule has 1 aromatic carbocycles. The van der Waals surface area contributed by atoms with Crippen LogP contribution < -0.4 is 10.6 Å². The zero-order chi connectivity index (χ0) is 21.1. The molecular formula is C21H28N6O3. The topological polar surface area (TPSA) is 112 Å². The number of β-amino-alcohol motifs (C(OH)–C–C–N with tert-alkyl or cyclic N) is 1. The molecule has 9 nitrogen and oxygen atoms in total. The number of nitrogens with zero attached hydrogens (tertiary/aromatic N) is 4. The molecule has 0 spiro atoms. The summed E-state index contributed by atoms with van der Waals surface area (Å²) in [4.78, 5) is 27.3. The van der Waals surface area contributed by atoms with E-state index >= 15 is 0 Å². The van der Waals surface area contributed by atoms with E-state index in [0.29, 0.717) is 18.7 Å². The molecule has 0 radical (unpaired) electrons. The molecule has 3 N–H and O–H groups in total. The van der Waals surface area contributed by atoms with E-state index in [9.17, 15) is 14.7 Å². The van der Waals surface area contributed by atoms with E-state index in [1.165, 1.54) is 0 Å². The van der Waals surface area contributed by atoms with Crippen molar-refractivity contribution in [3.63, 3.8) is 0 Å². The van der Waals surface area contributed by atoms with E-state index in [2.05, 4.69) is 20.8 Å². The highest BCUT2D eigenvalue weighted by atomic mass is 16.3. The van der Waals surface area contributed by atoms with E-state index < -0.39 is 6.10 Å². The quantitative estimate of drug-likeness (QED) is 0.653. The first-order valence-corrected chi connectivity index (χ1v) is 10.4. The van der Waals surface area contributed by atoms with Crippen LogP contribution in [0.1, 0.15) is 36.0 Å². The summed E-state index contributed by atoms with van der Waals surface area (Å²) in [5.74, 6) is -0.163. The number of benzene rings is 1. The van der Waals surface area contributed by atoms with E-state index in [0.717, 1.165) is 31.4 Å². The zero-order valence-electron chi connectivity index (χ0n) is 17.1. The number of likely N-dealkylation sites (N-methyl/N-ethyl adjacent to an activating group) is 1. The van der Waals surface area contributed by atoms with Gasteiger partial charge in [-0.15, -0.1) is 10.2 Å². The Hall–Kier alpha value is -2.78. The summed E-state index contributed by atoms with van der Waals surface area (Å²) in [7, 11) is 1.94. The molecule has 1 aliphatic heterocycles. The summed E-state index contributed by atoms with van der Waals surface area (Å²) in [5.41, 5.74) is 1.41. The van der Waals surface area contributed by atoms with Crippen LogP contribution in [-0.4, -0.2) is 74.9 Å². The Bertz CT molecular complexity index is 879. The molecule has 0 unspecified atom stereocenters. The summed E-state index contributed by atoms with van der Waals surface area (Å²) in [6.07, 6.45) is 5.66. The number of likely N-dealkylation sites (tertiary alicyclic amines) is 1. The Balaban J connectivity index is 1.27.